The van der Waals surface area contributed by atoms with Gasteiger partial charge in [0.05, 0.1) is 12.9 Å². The van der Waals surface area contributed by atoms with Crippen LogP contribution in [0.2, 0.25) is 0 Å². The lowest BCUT2D eigenvalue weighted by Gasteiger charge is -2.40. The van der Waals surface area contributed by atoms with Crippen molar-refractivity contribution in [3.05, 3.63) is 12.0 Å². The molecule has 0 saturated heterocycles. The fourth-order valence-electron chi connectivity index (χ4n) is 2.11. The standard InChI is InChI=1S/C10H16N4O2/c11-8-7(9(12)16)13-6-14(8)4-10(5-15)2-1-3-10/h6,15H,1-5,11H2,(H2,12,16). The lowest BCUT2D eigenvalue weighted by molar-refractivity contribution is 0.0281. The summed E-state index contributed by atoms with van der Waals surface area (Å²) in [5, 5.41) is 9.34. The number of aliphatic hydroxyl groups is 1. The fourth-order valence-corrected chi connectivity index (χ4v) is 2.11. The minimum absolute atomic E-state index is 0.0935. The number of primary amides is 1. The smallest absolute Gasteiger partial charge is 0.271 e. The number of carbonyl (C=O) groups excluding carboxylic acids is 1. The lowest BCUT2D eigenvalue weighted by atomic mass is 9.69. The second kappa shape index (κ2) is 3.79. The summed E-state index contributed by atoms with van der Waals surface area (Å²) in [5.41, 5.74) is 10.9. The SMILES string of the molecule is NC(=O)c1ncn(CC2(CO)CCC2)c1N. The van der Waals surface area contributed by atoms with E-state index in [-0.39, 0.29) is 23.5 Å². The second-order valence-corrected chi connectivity index (χ2v) is 4.48. The molecule has 16 heavy (non-hydrogen) atoms. The highest BCUT2D eigenvalue weighted by Crippen LogP contribution is 2.42. The molecule has 1 aliphatic rings. The maximum absolute atomic E-state index is 11.0. The van der Waals surface area contributed by atoms with E-state index in [2.05, 4.69) is 4.98 Å². The molecule has 2 rings (SSSR count). The summed E-state index contributed by atoms with van der Waals surface area (Å²) in [6.07, 6.45) is 4.59. The third-order valence-corrected chi connectivity index (χ3v) is 3.37. The van der Waals surface area contributed by atoms with Gasteiger partial charge >= 0.3 is 0 Å². The second-order valence-electron chi connectivity index (χ2n) is 4.48. The Kier molecular flexibility index (Phi) is 2.59. The van der Waals surface area contributed by atoms with Crippen molar-refractivity contribution in [1.82, 2.24) is 9.55 Å². The average molecular weight is 224 g/mol. The van der Waals surface area contributed by atoms with E-state index in [1.165, 1.54) is 6.33 Å². The van der Waals surface area contributed by atoms with Gasteiger partial charge in [0.25, 0.3) is 5.91 Å². The molecule has 0 unspecified atom stereocenters. The van der Waals surface area contributed by atoms with E-state index >= 15 is 0 Å². The first kappa shape index (κ1) is 10.9. The van der Waals surface area contributed by atoms with Crippen molar-refractivity contribution >= 4 is 11.7 Å². The van der Waals surface area contributed by atoms with Crippen LogP contribution in [0.3, 0.4) is 0 Å². The number of nitrogens with two attached hydrogens (primary N) is 2. The molecule has 1 saturated carbocycles. The molecule has 88 valence electrons. The zero-order valence-corrected chi connectivity index (χ0v) is 9.02. The third kappa shape index (κ3) is 1.65. The first-order valence-corrected chi connectivity index (χ1v) is 5.29. The Balaban J connectivity index is 2.19. The summed E-state index contributed by atoms with van der Waals surface area (Å²) < 4.78 is 1.69. The highest BCUT2D eigenvalue weighted by atomic mass is 16.3. The van der Waals surface area contributed by atoms with Crippen molar-refractivity contribution in [2.24, 2.45) is 11.1 Å². The van der Waals surface area contributed by atoms with E-state index < -0.39 is 5.91 Å². The van der Waals surface area contributed by atoms with Gasteiger partial charge in [-0.2, -0.15) is 0 Å². The van der Waals surface area contributed by atoms with E-state index in [1.807, 2.05) is 0 Å². The van der Waals surface area contributed by atoms with Gasteiger partial charge < -0.3 is 21.1 Å². The summed E-state index contributed by atoms with van der Waals surface area (Å²) in [6, 6.07) is 0. The monoisotopic (exact) mass is 224 g/mol. The van der Waals surface area contributed by atoms with E-state index in [9.17, 15) is 9.90 Å². The molecule has 0 aliphatic heterocycles. The Morgan fingerprint density at radius 2 is 2.31 bits per heavy atom. The maximum atomic E-state index is 11.0. The normalized spacial score (nSPS) is 18.1. The van der Waals surface area contributed by atoms with Gasteiger partial charge in [0.1, 0.15) is 5.82 Å². The number of nitrogen functional groups attached to an aromatic ring is 1. The molecule has 1 amide bonds. The first-order chi connectivity index (χ1) is 7.58. The molecule has 1 aromatic heterocycles. The summed E-state index contributed by atoms with van der Waals surface area (Å²) in [6.45, 7) is 0.728. The number of hydrogen-bond donors (Lipinski definition) is 3. The van der Waals surface area contributed by atoms with Crippen LogP contribution < -0.4 is 11.5 Å². The summed E-state index contributed by atoms with van der Waals surface area (Å²) in [5.74, 6) is -0.338. The molecule has 1 aliphatic carbocycles. The number of carbonyl (C=O) groups is 1. The fraction of sp³-hybridized carbons (Fsp3) is 0.600. The minimum atomic E-state index is -0.622. The van der Waals surface area contributed by atoms with Gasteiger partial charge in [-0.15, -0.1) is 0 Å². The van der Waals surface area contributed by atoms with Gasteiger partial charge in [-0.05, 0) is 12.8 Å². The van der Waals surface area contributed by atoms with Gasteiger partial charge in [-0.3, -0.25) is 4.79 Å². The summed E-state index contributed by atoms with van der Waals surface area (Å²) >= 11 is 0. The maximum Gasteiger partial charge on any atom is 0.271 e. The predicted octanol–water partition coefficient (Wildman–Crippen LogP) is -0.273. The number of hydrogen-bond acceptors (Lipinski definition) is 4. The van der Waals surface area contributed by atoms with E-state index in [0.29, 0.717) is 6.54 Å². The van der Waals surface area contributed by atoms with E-state index in [0.717, 1.165) is 19.3 Å². The topological polar surface area (TPSA) is 107 Å². The number of nitrogens with zero attached hydrogens (tertiary/aromatic N) is 2. The van der Waals surface area contributed by atoms with Crippen LogP contribution in [0.5, 0.6) is 0 Å². The highest BCUT2D eigenvalue weighted by molar-refractivity contribution is 5.95. The van der Waals surface area contributed by atoms with Crippen LogP contribution in [0.1, 0.15) is 29.8 Å². The third-order valence-electron chi connectivity index (χ3n) is 3.37. The number of aromatic nitrogens is 2. The molecule has 0 atom stereocenters. The van der Waals surface area contributed by atoms with Crippen LogP contribution in [0.25, 0.3) is 0 Å². The van der Waals surface area contributed by atoms with Crippen LogP contribution in [-0.4, -0.2) is 27.2 Å². The van der Waals surface area contributed by atoms with Gasteiger partial charge in [-0.1, -0.05) is 6.42 Å². The average Bonchev–Trinajstić information content (AvgIpc) is 2.54. The van der Waals surface area contributed by atoms with Gasteiger partial charge in [-0.25, -0.2) is 4.98 Å². The van der Waals surface area contributed by atoms with Crippen LogP contribution in [-0.2, 0) is 6.54 Å². The molecular formula is C10H16N4O2. The molecule has 0 bridgehead atoms. The van der Waals surface area contributed by atoms with Gasteiger partial charge in [0.15, 0.2) is 5.69 Å². The Morgan fingerprint density at radius 1 is 1.62 bits per heavy atom. The molecule has 6 heteroatoms. The van der Waals surface area contributed by atoms with Crippen LogP contribution >= 0.6 is 0 Å². The minimum Gasteiger partial charge on any atom is -0.396 e. The number of anilines is 1. The molecule has 0 radical (unpaired) electrons. The largest absolute Gasteiger partial charge is 0.396 e. The first-order valence-electron chi connectivity index (χ1n) is 5.29. The van der Waals surface area contributed by atoms with Gasteiger partial charge in [0, 0.05) is 12.0 Å². The molecule has 6 nitrogen and oxygen atoms in total. The van der Waals surface area contributed by atoms with Crippen molar-refractivity contribution in [2.75, 3.05) is 12.3 Å². The molecule has 1 fully saturated rings. The Labute approximate surface area is 93.3 Å². The molecule has 1 aromatic rings. The number of rotatable bonds is 4. The summed E-state index contributed by atoms with van der Waals surface area (Å²) in [4.78, 5) is 14.8. The van der Waals surface area contributed by atoms with E-state index in [4.69, 9.17) is 11.5 Å². The Bertz CT molecular complexity index is 403. The number of amides is 1. The zero-order chi connectivity index (χ0) is 11.8. The van der Waals surface area contributed by atoms with Crippen LogP contribution in [0, 0.1) is 5.41 Å². The highest BCUT2D eigenvalue weighted by Gasteiger charge is 2.37. The quantitative estimate of drug-likeness (QED) is 0.654. The summed E-state index contributed by atoms with van der Waals surface area (Å²) in [7, 11) is 0. The molecular weight excluding hydrogens is 208 g/mol. The van der Waals surface area contributed by atoms with E-state index in [1.54, 1.807) is 4.57 Å². The zero-order valence-electron chi connectivity index (χ0n) is 9.02. The van der Waals surface area contributed by atoms with Crippen molar-refractivity contribution < 1.29 is 9.90 Å². The Morgan fingerprint density at radius 3 is 2.69 bits per heavy atom. The number of imidazole rings is 1. The van der Waals surface area contributed by atoms with Crippen LogP contribution in [0.4, 0.5) is 5.82 Å². The van der Waals surface area contributed by atoms with Crippen molar-refractivity contribution in [2.45, 2.75) is 25.8 Å². The van der Waals surface area contributed by atoms with Crippen molar-refractivity contribution in [3.8, 4) is 0 Å². The molecule has 0 aromatic carbocycles. The van der Waals surface area contributed by atoms with Crippen molar-refractivity contribution in [1.29, 1.82) is 0 Å². The molecule has 1 heterocycles. The van der Waals surface area contributed by atoms with Crippen molar-refractivity contribution in [3.63, 3.8) is 0 Å². The number of aliphatic hydroxyl groups excluding tert-OH is 1. The predicted molar refractivity (Wildman–Crippen MR) is 58.5 cm³/mol. The van der Waals surface area contributed by atoms with Gasteiger partial charge in [0.2, 0.25) is 0 Å². The lowest BCUT2D eigenvalue weighted by Crippen LogP contribution is -2.37. The molecule has 5 N–H and O–H groups in total. The van der Waals surface area contributed by atoms with Crippen LogP contribution in [0.15, 0.2) is 6.33 Å². The Hall–Kier alpha value is -1.56. The molecule has 0 spiro atoms.